The van der Waals surface area contributed by atoms with Crippen molar-refractivity contribution in [2.75, 3.05) is 6.61 Å². The van der Waals surface area contributed by atoms with Gasteiger partial charge in [0.2, 0.25) is 0 Å². The molecule has 0 aliphatic heterocycles. The van der Waals surface area contributed by atoms with E-state index < -0.39 is 15.1 Å². The van der Waals surface area contributed by atoms with E-state index >= 15 is 0 Å². The molecule has 0 amide bonds. The lowest BCUT2D eigenvalue weighted by atomic mass is 10.0. The van der Waals surface area contributed by atoms with Crippen molar-refractivity contribution in [3.63, 3.8) is 0 Å². The van der Waals surface area contributed by atoms with Crippen molar-refractivity contribution in [3.05, 3.63) is 89.5 Å². The molecule has 5 heteroatoms. The fourth-order valence-corrected chi connectivity index (χ4v) is 4.87. The van der Waals surface area contributed by atoms with Crippen molar-refractivity contribution in [2.24, 2.45) is 0 Å². The minimum absolute atomic E-state index is 0.149. The minimum Gasteiger partial charge on any atom is -0.504 e. The number of benzene rings is 3. The summed E-state index contributed by atoms with van der Waals surface area (Å²) in [5.41, 5.74) is 1.86. The van der Waals surface area contributed by atoms with Gasteiger partial charge in [-0.2, -0.15) is 0 Å². The summed E-state index contributed by atoms with van der Waals surface area (Å²) in [6.45, 7) is 4.09. The van der Waals surface area contributed by atoms with Crippen LogP contribution in [-0.2, 0) is 9.84 Å². The topological polar surface area (TPSA) is 63.6 Å². The molecule has 0 aromatic heterocycles. The summed E-state index contributed by atoms with van der Waals surface area (Å²) in [6.07, 6.45) is 0. The van der Waals surface area contributed by atoms with E-state index in [0.717, 1.165) is 5.56 Å². The first kappa shape index (κ1) is 19.0. The number of hydrogen-bond donors (Lipinski definition) is 1. The smallest absolute Gasteiger partial charge is 0.189 e. The summed E-state index contributed by atoms with van der Waals surface area (Å²) in [5, 5.41) is 9.68. The van der Waals surface area contributed by atoms with Crippen LogP contribution in [0.1, 0.15) is 28.9 Å². The molecule has 0 saturated carbocycles. The van der Waals surface area contributed by atoms with E-state index in [1.165, 1.54) is 0 Å². The number of sulfone groups is 1. The Hall–Kier alpha value is -2.79. The maximum atomic E-state index is 13.5. The minimum atomic E-state index is -3.79. The van der Waals surface area contributed by atoms with E-state index in [1.54, 1.807) is 66.7 Å². The molecule has 0 fully saturated rings. The molecule has 0 saturated heterocycles. The van der Waals surface area contributed by atoms with Crippen molar-refractivity contribution in [3.8, 4) is 11.5 Å². The van der Waals surface area contributed by atoms with Crippen molar-refractivity contribution in [2.45, 2.75) is 24.0 Å². The molecular weight excluding hydrogens is 360 g/mol. The quantitative estimate of drug-likeness (QED) is 0.673. The highest BCUT2D eigenvalue weighted by molar-refractivity contribution is 7.92. The van der Waals surface area contributed by atoms with E-state index in [2.05, 4.69) is 0 Å². The summed E-state index contributed by atoms with van der Waals surface area (Å²) in [5.74, 6) is 0.124. The molecule has 3 aromatic rings. The summed E-state index contributed by atoms with van der Waals surface area (Å²) >= 11 is 0. The van der Waals surface area contributed by atoms with Gasteiger partial charge >= 0.3 is 0 Å². The molecule has 0 aliphatic rings. The SMILES string of the molecule is CCOc1cccc(C(c2ccccc2)S(=O)(=O)c2ccc(C)cc2)c1O. The first-order valence-electron chi connectivity index (χ1n) is 8.75. The predicted octanol–water partition coefficient (Wildman–Crippen LogP) is 4.66. The number of para-hydroxylation sites is 1. The van der Waals surface area contributed by atoms with Crippen LogP contribution in [0.5, 0.6) is 11.5 Å². The number of phenolic OH excluding ortho intramolecular Hbond substituents is 1. The fourth-order valence-electron chi connectivity index (χ4n) is 3.04. The normalized spacial score (nSPS) is 12.5. The Bertz CT molecular complexity index is 1010. The number of aromatic hydroxyl groups is 1. The summed E-state index contributed by atoms with van der Waals surface area (Å²) < 4.78 is 32.5. The Balaban J connectivity index is 2.22. The van der Waals surface area contributed by atoms with Crippen LogP contribution in [-0.4, -0.2) is 20.1 Å². The maximum absolute atomic E-state index is 13.5. The molecule has 27 heavy (non-hydrogen) atoms. The van der Waals surface area contributed by atoms with Gasteiger partial charge in [-0.1, -0.05) is 60.2 Å². The van der Waals surface area contributed by atoms with Crippen LogP contribution in [0.3, 0.4) is 0 Å². The number of aryl methyl sites for hydroxylation is 1. The van der Waals surface area contributed by atoms with E-state index in [0.29, 0.717) is 17.7 Å². The van der Waals surface area contributed by atoms with Crippen LogP contribution in [0.15, 0.2) is 77.7 Å². The molecule has 0 bridgehead atoms. The molecule has 0 aliphatic carbocycles. The van der Waals surface area contributed by atoms with E-state index in [-0.39, 0.29) is 16.4 Å². The molecular formula is C22H22O4S. The molecule has 1 atom stereocenters. The molecule has 0 radical (unpaired) electrons. The highest BCUT2D eigenvalue weighted by atomic mass is 32.2. The predicted molar refractivity (Wildman–Crippen MR) is 106 cm³/mol. The summed E-state index contributed by atoms with van der Waals surface area (Å²) in [6, 6.07) is 20.6. The Labute approximate surface area is 160 Å². The van der Waals surface area contributed by atoms with Gasteiger partial charge in [-0.3, -0.25) is 0 Å². The number of phenols is 1. The van der Waals surface area contributed by atoms with Crippen LogP contribution in [0.2, 0.25) is 0 Å². The average Bonchev–Trinajstić information content (AvgIpc) is 2.66. The van der Waals surface area contributed by atoms with Gasteiger partial charge < -0.3 is 9.84 Å². The van der Waals surface area contributed by atoms with E-state index in [1.807, 2.05) is 19.9 Å². The van der Waals surface area contributed by atoms with Crippen LogP contribution in [0.25, 0.3) is 0 Å². The van der Waals surface area contributed by atoms with Crippen molar-refractivity contribution >= 4 is 9.84 Å². The third-order valence-electron chi connectivity index (χ3n) is 4.37. The molecule has 1 N–H and O–H groups in total. The van der Waals surface area contributed by atoms with Gasteiger partial charge in [-0.15, -0.1) is 0 Å². The van der Waals surface area contributed by atoms with Crippen molar-refractivity contribution < 1.29 is 18.3 Å². The Kier molecular flexibility index (Phi) is 5.51. The zero-order chi connectivity index (χ0) is 19.4. The van der Waals surface area contributed by atoms with Crippen molar-refractivity contribution in [1.82, 2.24) is 0 Å². The summed E-state index contributed by atoms with van der Waals surface area (Å²) in [7, 11) is -3.79. The van der Waals surface area contributed by atoms with E-state index in [4.69, 9.17) is 4.74 Å². The second-order valence-electron chi connectivity index (χ2n) is 6.28. The lowest BCUT2D eigenvalue weighted by Gasteiger charge is -2.21. The maximum Gasteiger partial charge on any atom is 0.189 e. The molecule has 0 spiro atoms. The van der Waals surface area contributed by atoms with Gasteiger partial charge in [-0.25, -0.2) is 8.42 Å². The molecule has 3 aromatic carbocycles. The third-order valence-corrected chi connectivity index (χ3v) is 6.45. The number of hydrogen-bond acceptors (Lipinski definition) is 4. The van der Waals surface area contributed by atoms with Gasteiger partial charge in [0.15, 0.2) is 21.3 Å². The van der Waals surface area contributed by atoms with Crippen LogP contribution >= 0.6 is 0 Å². The first-order chi connectivity index (χ1) is 12.9. The second-order valence-corrected chi connectivity index (χ2v) is 8.31. The Morgan fingerprint density at radius 2 is 1.59 bits per heavy atom. The standard InChI is InChI=1S/C22H22O4S/c1-3-26-20-11-7-10-19(21(20)23)22(17-8-5-4-6-9-17)27(24,25)18-14-12-16(2)13-15-18/h4-15,22-23H,3H2,1-2H3. The number of rotatable bonds is 6. The molecule has 3 rings (SSSR count). The zero-order valence-corrected chi connectivity index (χ0v) is 16.1. The van der Waals surface area contributed by atoms with E-state index in [9.17, 15) is 13.5 Å². The lowest BCUT2D eigenvalue weighted by molar-refractivity contribution is 0.316. The Morgan fingerprint density at radius 3 is 2.22 bits per heavy atom. The fraction of sp³-hybridized carbons (Fsp3) is 0.182. The monoisotopic (exact) mass is 382 g/mol. The highest BCUT2D eigenvalue weighted by Crippen LogP contribution is 2.42. The van der Waals surface area contributed by atoms with Crippen molar-refractivity contribution in [1.29, 1.82) is 0 Å². The van der Waals surface area contributed by atoms with Gasteiger partial charge in [0.05, 0.1) is 11.5 Å². The van der Waals surface area contributed by atoms with Gasteiger partial charge in [-0.05, 0) is 37.6 Å². The average molecular weight is 382 g/mol. The molecule has 4 nitrogen and oxygen atoms in total. The Morgan fingerprint density at radius 1 is 0.926 bits per heavy atom. The van der Waals surface area contributed by atoms with Crippen LogP contribution in [0.4, 0.5) is 0 Å². The molecule has 1 unspecified atom stereocenters. The second kappa shape index (κ2) is 7.84. The summed E-state index contributed by atoms with van der Waals surface area (Å²) in [4.78, 5) is 0.211. The third kappa shape index (κ3) is 3.83. The molecule has 140 valence electrons. The lowest BCUT2D eigenvalue weighted by Crippen LogP contribution is -2.16. The number of ether oxygens (including phenoxy) is 1. The first-order valence-corrected chi connectivity index (χ1v) is 10.3. The van der Waals surface area contributed by atoms with Gasteiger partial charge in [0, 0.05) is 5.56 Å². The van der Waals surface area contributed by atoms with Gasteiger partial charge in [0.1, 0.15) is 5.25 Å². The van der Waals surface area contributed by atoms with Crippen LogP contribution in [0, 0.1) is 6.92 Å². The van der Waals surface area contributed by atoms with Crippen LogP contribution < -0.4 is 4.74 Å². The molecule has 0 heterocycles. The largest absolute Gasteiger partial charge is 0.504 e. The van der Waals surface area contributed by atoms with Gasteiger partial charge in [0.25, 0.3) is 0 Å². The highest BCUT2D eigenvalue weighted by Gasteiger charge is 2.33. The zero-order valence-electron chi connectivity index (χ0n) is 15.3.